The molecule has 0 radical (unpaired) electrons. The van der Waals surface area contributed by atoms with Gasteiger partial charge in [0.05, 0.1) is 4.90 Å². The van der Waals surface area contributed by atoms with E-state index in [9.17, 15) is 13.2 Å². The zero-order chi connectivity index (χ0) is 24.1. The van der Waals surface area contributed by atoms with Crippen LogP contribution in [0.1, 0.15) is 45.5 Å². The molecule has 3 aromatic carbocycles. The summed E-state index contributed by atoms with van der Waals surface area (Å²) in [5.41, 5.74) is 4.87. The van der Waals surface area contributed by atoms with Gasteiger partial charge in [0, 0.05) is 24.3 Å². The Hall–Kier alpha value is -3.16. The number of anilines is 1. The quantitative estimate of drug-likeness (QED) is 0.496. The first-order chi connectivity index (χ1) is 16.3. The Labute approximate surface area is 202 Å². The Kier molecular flexibility index (Phi) is 7.34. The van der Waals surface area contributed by atoms with Crippen LogP contribution in [0.4, 0.5) is 5.69 Å². The molecule has 4 rings (SSSR count). The molecule has 1 saturated heterocycles. The number of aryl methyl sites for hydroxylation is 2. The standard InChI is InChI=1S/C27H31N3O3S/c1-20-9-12-24(13-10-20)29-34(32,33)25-14-11-21(2)26(17-25)27(31)28-18-22-7-3-4-8-23(22)19-30-15-5-6-16-30/h3-4,7-14,17,29H,5-6,15-16,18-19H2,1-2H3,(H,28,31). The van der Waals surface area contributed by atoms with Gasteiger partial charge in [-0.15, -0.1) is 0 Å². The lowest BCUT2D eigenvalue weighted by Gasteiger charge is -2.18. The Morgan fingerprint density at radius 2 is 1.59 bits per heavy atom. The summed E-state index contributed by atoms with van der Waals surface area (Å²) in [7, 11) is -3.82. The third-order valence-electron chi connectivity index (χ3n) is 6.22. The second kappa shape index (κ2) is 10.4. The number of carbonyl (C=O) groups is 1. The third-order valence-corrected chi connectivity index (χ3v) is 7.60. The lowest BCUT2D eigenvalue weighted by atomic mass is 10.1. The molecule has 178 valence electrons. The summed E-state index contributed by atoms with van der Waals surface area (Å²) >= 11 is 0. The second-order valence-corrected chi connectivity index (χ2v) is 10.6. The molecule has 1 heterocycles. The Morgan fingerprint density at radius 3 is 2.29 bits per heavy atom. The highest BCUT2D eigenvalue weighted by Crippen LogP contribution is 2.21. The summed E-state index contributed by atoms with van der Waals surface area (Å²) in [5, 5.41) is 2.98. The van der Waals surface area contributed by atoms with E-state index in [4.69, 9.17) is 0 Å². The highest BCUT2D eigenvalue weighted by Gasteiger charge is 2.19. The molecule has 1 aliphatic heterocycles. The van der Waals surface area contributed by atoms with Crippen LogP contribution >= 0.6 is 0 Å². The van der Waals surface area contributed by atoms with Gasteiger partial charge in [-0.3, -0.25) is 14.4 Å². The van der Waals surface area contributed by atoms with Crippen LogP contribution in [0.15, 0.2) is 71.6 Å². The monoisotopic (exact) mass is 477 g/mol. The molecule has 0 aromatic heterocycles. The van der Waals surface area contributed by atoms with Gasteiger partial charge in [0.2, 0.25) is 0 Å². The van der Waals surface area contributed by atoms with Crippen molar-refractivity contribution < 1.29 is 13.2 Å². The van der Waals surface area contributed by atoms with Crippen LogP contribution in [0.3, 0.4) is 0 Å². The van der Waals surface area contributed by atoms with Crippen molar-refractivity contribution in [1.82, 2.24) is 10.2 Å². The lowest BCUT2D eigenvalue weighted by Crippen LogP contribution is -2.26. The van der Waals surface area contributed by atoms with Crippen molar-refractivity contribution in [3.05, 3.63) is 94.5 Å². The van der Waals surface area contributed by atoms with Gasteiger partial charge in [0.15, 0.2) is 0 Å². The number of hydrogen-bond acceptors (Lipinski definition) is 4. The van der Waals surface area contributed by atoms with Gasteiger partial charge in [0.1, 0.15) is 0 Å². The fourth-order valence-electron chi connectivity index (χ4n) is 4.19. The Bertz CT molecular complexity index is 1260. The smallest absolute Gasteiger partial charge is 0.261 e. The number of sulfonamides is 1. The van der Waals surface area contributed by atoms with Crippen molar-refractivity contribution in [2.75, 3.05) is 17.8 Å². The molecule has 1 amide bonds. The molecular weight excluding hydrogens is 446 g/mol. The van der Waals surface area contributed by atoms with Crippen LogP contribution in [-0.2, 0) is 23.1 Å². The van der Waals surface area contributed by atoms with Gasteiger partial charge in [-0.05, 0) is 80.7 Å². The van der Waals surface area contributed by atoms with E-state index in [1.165, 1.54) is 30.5 Å². The molecule has 0 aliphatic carbocycles. The van der Waals surface area contributed by atoms with E-state index in [-0.39, 0.29) is 10.8 Å². The van der Waals surface area contributed by atoms with Crippen molar-refractivity contribution >= 4 is 21.6 Å². The average molecular weight is 478 g/mol. The maximum atomic E-state index is 13.0. The molecule has 2 N–H and O–H groups in total. The third kappa shape index (κ3) is 5.85. The normalized spacial score (nSPS) is 14.2. The molecule has 34 heavy (non-hydrogen) atoms. The number of nitrogens with zero attached hydrogens (tertiary/aromatic N) is 1. The SMILES string of the molecule is Cc1ccc(NS(=O)(=O)c2ccc(C)c(C(=O)NCc3ccccc3CN3CCCC3)c2)cc1. The van der Waals surface area contributed by atoms with Crippen LogP contribution in [0.2, 0.25) is 0 Å². The van der Waals surface area contributed by atoms with E-state index in [0.717, 1.165) is 36.3 Å². The van der Waals surface area contributed by atoms with Gasteiger partial charge in [-0.1, -0.05) is 48.0 Å². The van der Waals surface area contributed by atoms with E-state index in [2.05, 4.69) is 21.0 Å². The Balaban J connectivity index is 1.48. The molecule has 0 atom stereocenters. The minimum Gasteiger partial charge on any atom is -0.348 e. The molecule has 6 nitrogen and oxygen atoms in total. The lowest BCUT2D eigenvalue weighted by molar-refractivity contribution is 0.0950. The van der Waals surface area contributed by atoms with Crippen LogP contribution in [-0.4, -0.2) is 32.3 Å². The van der Waals surface area contributed by atoms with Crippen molar-refractivity contribution in [3.63, 3.8) is 0 Å². The van der Waals surface area contributed by atoms with Crippen molar-refractivity contribution in [2.45, 2.75) is 44.7 Å². The number of rotatable bonds is 8. The minimum absolute atomic E-state index is 0.0539. The first kappa shape index (κ1) is 24.0. The van der Waals surface area contributed by atoms with E-state index >= 15 is 0 Å². The first-order valence-corrected chi connectivity index (χ1v) is 13.1. The van der Waals surface area contributed by atoms with Crippen LogP contribution in [0.25, 0.3) is 0 Å². The summed E-state index contributed by atoms with van der Waals surface area (Å²) in [6.45, 7) is 7.23. The molecule has 7 heteroatoms. The second-order valence-electron chi connectivity index (χ2n) is 8.88. The number of amides is 1. The molecule has 1 fully saturated rings. The number of carbonyl (C=O) groups excluding carboxylic acids is 1. The number of nitrogens with one attached hydrogen (secondary N) is 2. The zero-order valence-electron chi connectivity index (χ0n) is 19.7. The number of benzene rings is 3. The van der Waals surface area contributed by atoms with Crippen molar-refractivity contribution in [3.8, 4) is 0 Å². The summed E-state index contributed by atoms with van der Waals surface area (Å²) in [6.07, 6.45) is 2.46. The fourth-order valence-corrected chi connectivity index (χ4v) is 5.27. The molecule has 3 aromatic rings. The van der Waals surface area contributed by atoms with Crippen LogP contribution in [0.5, 0.6) is 0 Å². The van der Waals surface area contributed by atoms with E-state index in [1.54, 1.807) is 25.1 Å². The molecule has 0 bridgehead atoms. The van der Waals surface area contributed by atoms with Gasteiger partial charge in [-0.25, -0.2) is 8.42 Å². The van der Waals surface area contributed by atoms with Gasteiger partial charge < -0.3 is 5.32 Å². The van der Waals surface area contributed by atoms with Gasteiger partial charge in [-0.2, -0.15) is 0 Å². The van der Waals surface area contributed by atoms with Crippen LogP contribution in [0, 0.1) is 13.8 Å². The summed E-state index contributed by atoms with van der Waals surface area (Å²) in [6, 6.07) is 19.9. The molecule has 0 spiro atoms. The maximum Gasteiger partial charge on any atom is 0.261 e. The van der Waals surface area contributed by atoms with Crippen molar-refractivity contribution in [2.24, 2.45) is 0 Å². The predicted molar refractivity (Wildman–Crippen MR) is 135 cm³/mol. The average Bonchev–Trinajstić information content (AvgIpc) is 3.33. The molecule has 0 unspecified atom stereocenters. The number of likely N-dealkylation sites (tertiary alicyclic amines) is 1. The summed E-state index contributed by atoms with van der Waals surface area (Å²) < 4.78 is 28.4. The largest absolute Gasteiger partial charge is 0.348 e. The number of hydrogen-bond donors (Lipinski definition) is 2. The Morgan fingerprint density at radius 1 is 0.912 bits per heavy atom. The summed E-state index contributed by atoms with van der Waals surface area (Å²) in [4.78, 5) is 15.5. The predicted octanol–water partition coefficient (Wildman–Crippen LogP) is 4.63. The summed E-state index contributed by atoms with van der Waals surface area (Å²) in [5.74, 6) is -0.291. The molecular formula is C27H31N3O3S. The van der Waals surface area contributed by atoms with E-state index < -0.39 is 10.0 Å². The fraction of sp³-hybridized carbons (Fsp3) is 0.296. The first-order valence-electron chi connectivity index (χ1n) is 11.6. The highest BCUT2D eigenvalue weighted by atomic mass is 32.2. The minimum atomic E-state index is -3.82. The van der Waals surface area contributed by atoms with Gasteiger partial charge in [0.25, 0.3) is 15.9 Å². The molecule has 0 saturated carbocycles. The molecule has 1 aliphatic rings. The highest BCUT2D eigenvalue weighted by molar-refractivity contribution is 7.92. The topological polar surface area (TPSA) is 78.5 Å². The maximum absolute atomic E-state index is 13.0. The van der Waals surface area contributed by atoms with Gasteiger partial charge >= 0.3 is 0 Å². The van der Waals surface area contributed by atoms with E-state index in [0.29, 0.717) is 17.8 Å². The van der Waals surface area contributed by atoms with Crippen LogP contribution < -0.4 is 10.0 Å². The van der Waals surface area contributed by atoms with E-state index in [1.807, 2.05) is 37.3 Å². The van der Waals surface area contributed by atoms with Crippen molar-refractivity contribution in [1.29, 1.82) is 0 Å². The zero-order valence-corrected chi connectivity index (χ0v) is 20.5.